The minimum absolute atomic E-state index is 0.121. The molecule has 1 unspecified atom stereocenters. The molecule has 0 saturated carbocycles. The predicted octanol–water partition coefficient (Wildman–Crippen LogP) is 4.36. The molecule has 1 aliphatic heterocycles. The lowest BCUT2D eigenvalue weighted by Gasteiger charge is -2.31. The summed E-state index contributed by atoms with van der Waals surface area (Å²) in [5.74, 6) is 0. The Labute approximate surface area is 138 Å². The van der Waals surface area contributed by atoms with E-state index in [0.717, 1.165) is 47.0 Å². The number of hydrogen-bond acceptors (Lipinski definition) is 4. The largest absolute Gasteiger partial charge is 0.368 e. The quantitative estimate of drug-likeness (QED) is 0.803. The molecular formula is C16H19BrN2OS. The molecular weight excluding hydrogens is 348 g/mol. The molecule has 2 aromatic rings. The molecule has 1 fully saturated rings. The lowest BCUT2D eigenvalue weighted by molar-refractivity contribution is -0.0298. The van der Waals surface area contributed by atoms with Gasteiger partial charge in [-0.1, -0.05) is 35.0 Å². The second-order valence-electron chi connectivity index (χ2n) is 5.24. The second-order valence-corrected chi connectivity index (χ2v) is 7.05. The zero-order chi connectivity index (χ0) is 14.7. The molecule has 1 aromatic heterocycles. The van der Waals surface area contributed by atoms with Crippen molar-refractivity contribution in [1.29, 1.82) is 0 Å². The highest BCUT2D eigenvalue weighted by molar-refractivity contribution is 9.10. The molecule has 2 heterocycles. The normalized spacial score (nSPS) is 19.8. The van der Waals surface area contributed by atoms with Gasteiger partial charge in [0.05, 0.1) is 12.3 Å². The average molecular weight is 367 g/mol. The van der Waals surface area contributed by atoms with Gasteiger partial charge in [0.2, 0.25) is 0 Å². The number of halogens is 1. The van der Waals surface area contributed by atoms with E-state index >= 15 is 0 Å². The highest BCUT2D eigenvalue weighted by atomic mass is 79.9. The van der Waals surface area contributed by atoms with Gasteiger partial charge in [-0.25, -0.2) is 4.98 Å². The van der Waals surface area contributed by atoms with Gasteiger partial charge in [0, 0.05) is 28.5 Å². The second kappa shape index (κ2) is 7.01. The SMILES string of the molecule is CCCN1CCOC(c2nc(-c3cccc(Br)c3)cs2)C1. The third kappa shape index (κ3) is 3.72. The molecule has 21 heavy (non-hydrogen) atoms. The van der Waals surface area contributed by atoms with Gasteiger partial charge in [0.25, 0.3) is 0 Å². The maximum Gasteiger partial charge on any atom is 0.124 e. The summed E-state index contributed by atoms with van der Waals surface area (Å²) in [5.41, 5.74) is 2.18. The van der Waals surface area contributed by atoms with Crippen molar-refractivity contribution in [3.63, 3.8) is 0 Å². The van der Waals surface area contributed by atoms with Crippen LogP contribution in [0.1, 0.15) is 24.5 Å². The van der Waals surface area contributed by atoms with Crippen LogP contribution in [0.15, 0.2) is 34.1 Å². The van der Waals surface area contributed by atoms with Crippen LogP contribution in [0, 0.1) is 0 Å². The Morgan fingerprint density at radius 1 is 1.48 bits per heavy atom. The standard InChI is InChI=1S/C16H19BrN2OS/c1-2-6-19-7-8-20-15(10-19)16-18-14(11-21-16)12-4-3-5-13(17)9-12/h3-5,9,11,15H,2,6-8,10H2,1H3. The maximum atomic E-state index is 5.91. The summed E-state index contributed by atoms with van der Waals surface area (Å²) in [6, 6.07) is 8.26. The van der Waals surface area contributed by atoms with Crippen LogP contribution >= 0.6 is 27.3 Å². The summed E-state index contributed by atoms with van der Waals surface area (Å²) in [4.78, 5) is 7.25. The molecule has 5 heteroatoms. The van der Waals surface area contributed by atoms with E-state index in [9.17, 15) is 0 Å². The number of nitrogens with zero attached hydrogens (tertiary/aromatic N) is 2. The van der Waals surface area contributed by atoms with Crippen molar-refractivity contribution < 1.29 is 4.74 Å². The van der Waals surface area contributed by atoms with Crippen LogP contribution in [0.4, 0.5) is 0 Å². The fraction of sp³-hybridized carbons (Fsp3) is 0.438. The third-order valence-corrected chi connectivity index (χ3v) is 5.04. The van der Waals surface area contributed by atoms with Gasteiger partial charge in [-0.2, -0.15) is 0 Å². The van der Waals surface area contributed by atoms with Crippen LogP contribution in [-0.4, -0.2) is 36.1 Å². The predicted molar refractivity (Wildman–Crippen MR) is 90.7 cm³/mol. The van der Waals surface area contributed by atoms with E-state index in [4.69, 9.17) is 9.72 Å². The molecule has 1 saturated heterocycles. The Morgan fingerprint density at radius 2 is 2.38 bits per heavy atom. The molecule has 0 amide bonds. The summed E-state index contributed by atoms with van der Waals surface area (Å²) in [7, 11) is 0. The van der Waals surface area contributed by atoms with Crippen molar-refractivity contribution in [2.75, 3.05) is 26.2 Å². The molecule has 1 aliphatic rings. The van der Waals surface area contributed by atoms with E-state index in [1.165, 1.54) is 6.42 Å². The van der Waals surface area contributed by atoms with Crippen LogP contribution in [0.25, 0.3) is 11.3 Å². The summed E-state index contributed by atoms with van der Waals surface area (Å²) in [6.45, 7) is 6.16. The minimum Gasteiger partial charge on any atom is -0.368 e. The van der Waals surface area contributed by atoms with Crippen LogP contribution in [0.3, 0.4) is 0 Å². The molecule has 0 spiro atoms. The van der Waals surface area contributed by atoms with Crippen molar-refractivity contribution in [3.05, 3.63) is 39.1 Å². The van der Waals surface area contributed by atoms with Crippen molar-refractivity contribution in [2.45, 2.75) is 19.4 Å². The number of thiazole rings is 1. The Balaban J connectivity index is 1.75. The van der Waals surface area contributed by atoms with E-state index in [0.29, 0.717) is 0 Å². The first kappa shape index (κ1) is 15.2. The summed E-state index contributed by atoms with van der Waals surface area (Å²) in [6.07, 6.45) is 1.31. The van der Waals surface area contributed by atoms with Crippen molar-refractivity contribution in [1.82, 2.24) is 9.88 Å². The number of hydrogen-bond donors (Lipinski definition) is 0. The van der Waals surface area contributed by atoms with Gasteiger partial charge >= 0.3 is 0 Å². The van der Waals surface area contributed by atoms with Gasteiger partial charge in [-0.15, -0.1) is 11.3 Å². The molecule has 3 nitrogen and oxygen atoms in total. The zero-order valence-electron chi connectivity index (χ0n) is 12.1. The topological polar surface area (TPSA) is 25.4 Å². The van der Waals surface area contributed by atoms with Gasteiger partial charge in [0.15, 0.2) is 0 Å². The maximum absolute atomic E-state index is 5.91. The van der Waals surface area contributed by atoms with E-state index in [-0.39, 0.29) is 6.10 Å². The first-order valence-electron chi connectivity index (χ1n) is 7.31. The fourth-order valence-corrected chi connectivity index (χ4v) is 3.85. The Bertz CT molecular complexity index is 599. The molecule has 1 aromatic carbocycles. The molecule has 112 valence electrons. The monoisotopic (exact) mass is 366 g/mol. The molecule has 0 N–H and O–H groups in total. The first-order chi connectivity index (χ1) is 10.3. The summed E-state index contributed by atoms with van der Waals surface area (Å²) >= 11 is 5.21. The highest BCUT2D eigenvalue weighted by Gasteiger charge is 2.24. The zero-order valence-corrected chi connectivity index (χ0v) is 14.5. The van der Waals surface area contributed by atoms with Crippen LogP contribution in [-0.2, 0) is 4.74 Å². The average Bonchev–Trinajstić information content (AvgIpc) is 2.98. The third-order valence-electron chi connectivity index (χ3n) is 3.61. The highest BCUT2D eigenvalue weighted by Crippen LogP contribution is 2.30. The number of ether oxygens (including phenoxy) is 1. The Morgan fingerprint density at radius 3 is 3.19 bits per heavy atom. The van der Waals surface area contributed by atoms with Gasteiger partial charge in [0.1, 0.15) is 11.1 Å². The molecule has 0 bridgehead atoms. The van der Waals surface area contributed by atoms with E-state index in [1.807, 2.05) is 12.1 Å². The summed E-state index contributed by atoms with van der Waals surface area (Å²) < 4.78 is 6.99. The number of benzene rings is 1. The first-order valence-corrected chi connectivity index (χ1v) is 8.99. The number of rotatable bonds is 4. The van der Waals surface area contributed by atoms with E-state index in [1.54, 1.807) is 11.3 Å². The fourth-order valence-electron chi connectivity index (χ4n) is 2.59. The lowest BCUT2D eigenvalue weighted by atomic mass is 10.2. The van der Waals surface area contributed by atoms with Crippen molar-refractivity contribution >= 4 is 27.3 Å². The van der Waals surface area contributed by atoms with Gasteiger partial charge in [-0.3, -0.25) is 4.90 Å². The number of morpholine rings is 1. The smallest absolute Gasteiger partial charge is 0.124 e. The number of aromatic nitrogens is 1. The minimum atomic E-state index is 0.121. The van der Waals surface area contributed by atoms with Gasteiger partial charge in [-0.05, 0) is 25.1 Å². The van der Waals surface area contributed by atoms with E-state index in [2.05, 4.69) is 45.3 Å². The van der Waals surface area contributed by atoms with E-state index < -0.39 is 0 Å². The van der Waals surface area contributed by atoms with Crippen LogP contribution < -0.4 is 0 Å². The molecule has 0 radical (unpaired) electrons. The van der Waals surface area contributed by atoms with Gasteiger partial charge < -0.3 is 4.74 Å². The van der Waals surface area contributed by atoms with Crippen molar-refractivity contribution in [2.24, 2.45) is 0 Å². The van der Waals surface area contributed by atoms with Crippen molar-refractivity contribution in [3.8, 4) is 11.3 Å². The molecule has 3 rings (SSSR count). The Kier molecular flexibility index (Phi) is 5.06. The molecule has 1 atom stereocenters. The lowest BCUT2D eigenvalue weighted by Crippen LogP contribution is -2.38. The molecule has 0 aliphatic carbocycles. The summed E-state index contributed by atoms with van der Waals surface area (Å²) in [5, 5.41) is 3.21. The van der Waals surface area contributed by atoms with Crippen LogP contribution in [0.2, 0.25) is 0 Å². The van der Waals surface area contributed by atoms with Crippen LogP contribution in [0.5, 0.6) is 0 Å². The Hall–Kier alpha value is -0.750.